The first-order valence-electron chi connectivity index (χ1n) is 2.88. The molecule has 1 heterocycles. The molecule has 10 heavy (non-hydrogen) atoms. The Kier molecular flexibility index (Phi) is 3.28. The van der Waals surface area contributed by atoms with Crippen LogP contribution in [-0.4, -0.2) is 10.9 Å². The van der Waals surface area contributed by atoms with Gasteiger partial charge in [0.15, 0.2) is 5.01 Å². The third-order valence-corrected chi connectivity index (χ3v) is 1.72. The second-order valence-corrected chi connectivity index (χ2v) is 2.85. The van der Waals surface area contributed by atoms with Gasteiger partial charge in [-0.3, -0.25) is 0 Å². The van der Waals surface area contributed by atoms with E-state index >= 15 is 0 Å². The molecule has 0 saturated heterocycles. The Labute approximate surface area is 69.1 Å². The molecular formula is C7H6ClNS. The highest BCUT2D eigenvalue weighted by atomic mass is 35.5. The number of hydrogen-bond donors (Lipinski definition) is 0. The number of rotatable bonds is 1. The molecule has 0 amide bonds. The van der Waals surface area contributed by atoms with E-state index in [9.17, 15) is 0 Å². The van der Waals surface area contributed by atoms with E-state index in [0.717, 1.165) is 11.4 Å². The Morgan fingerprint density at radius 1 is 1.70 bits per heavy atom. The van der Waals surface area contributed by atoms with Gasteiger partial charge in [0.2, 0.25) is 0 Å². The van der Waals surface area contributed by atoms with Gasteiger partial charge in [0.05, 0.1) is 0 Å². The normalized spacial score (nSPS) is 8.50. The highest BCUT2D eigenvalue weighted by Crippen LogP contribution is 2.00. The highest BCUT2D eigenvalue weighted by molar-refractivity contribution is 7.10. The van der Waals surface area contributed by atoms with E-state index < -0.39 is 0 Å². The van der Waals surface area contributed by atoms with Crippen molar-refractivity contribution in [1.29, 1.82) is 0 Å². The fourth-order valence-electron chi connectivity index (χ4n) is 0.471. The topological polar surface area (TPSA) is 12.9 Å². The predicted molar refractivity (Wildman–Crippen MR) is 44.3 cm³/mol. The number of alkyl halides is 1. The zero-order valence-electron chi connectivity index (χ0n) is 5.30. The number of nitrogens with zero attached hydrogens (tertiary/aromatic N) is 1. The Bertz CT molecular complexity index is 232. The van der Waals surface area contributed by atoms with Crippen LogP contribution in [0.1, 0.15) is 11.4 Å². The van der Waals surface area contributed by atoms with Crippen LogP contribution in [0.2, 0.25) is 0 Å². The molecule has 0 fully saturated rings. The Balaban J connectivity index is 2.49. The summed E-state index contributed by atoms with van der Waals surface area (Å²) >= 11 is 6.97. The van der Waals surface area contributed by atoms with Crippen LogP contribution in [0.3, 0.4) is 0 Å². The van der Waals surface area contributed by atoms with Crippen LogP contribution in [0, 0.1) is 11.8 Å². The zero-order valence-corrected chi connectivity index (χ0v) is 6.87. The first kappa shape index (κ1) is 7.59. The van der Waals surface area contributed by atoms with Crippen LogP contribution in [0.15, 0.2) is 11.6 Å². The van der Waals surface area contributed by atoms with Gasteiger partial charge < -0.3 is 0 Å². The van der Waals surface area contributed by atoms with Crippen LogP contribution in [0.25, 0.3) is 0 Å². The zero-order chi connectivity index (χ0) is 7.23. The quantitative estimate of drug-likeness (QED) is 0.466. The lowest BCUT2D eigenvalue weighted by Crippen LogP contribution is -1.69. The predicted octanol–water partition coefficient (Wildman–Crippen LogP) is 2.12. The second kappa shape index (κ2) is 4.32. The van der Waals surface area contributed by atoms with Crippen LogP contribution in [0.4, 0.5) is 0 Å². The van der Waals surface area contributed by atoms with E-state index in [4.69, 9.17) is 11.6 Å². The Hall–Kier alpha value is -0.520. The molecule has 0 aliphatic rings. The minimum absolute atomic E-state index is 0.596. The van der Waals surface area contributed by atoms with Gasteiger partial charge in [-0.25, -0.2) is 4.98 Å². The van der Waals surface area contributed by atoms with Gasteiger partial charge in [-0.1, -0.05) is 5.92 Å². The molecule has 52 valence electrons. The van der Waals surface area contributed by atoms with Gasteiger partial charge >= 0.3 is 0 Å². The van der Waals surface area contributed by atoms with E-state index in [-0.39, 0.29) is 0 Å². The lowest BCUT2D eigenvalue weighted by atomic mass is 10.5. The molecule has 0 spiro atoms. The van der Waals surface area contributed by atoms with Gasteiger partial charge in [0.1, 0.15) is 0 Å². The minimum atomic E-state index is 0.596. The number of aromatic nitrogens is 1. The summed E-state index contributed by atoms with van der Waals surface area (Å²) in [5, 5.41) is 2.77. The molecule has 0 aromatic carbocycles. The van der Waals surface area contributed by atoms with Crippen LogP contribution in [0.5, 0.6) is 0 Å². The standard InChI is InChI=1S/C7H6ClNS/c8-4-2-1-3-7-9-5-6-10-7/h5-6H,2,4H2. The minimum Gasteiger partial charge on any atom is -0.236 e. The van der Waals surface area contributed by atoms with Crippen molar-refractivity contribution in [2.75, 3.05) is 5.88 Å². The van der Waals surface area contributed by atoms with Gasteiger partial charge in [0, 0.05) is 23.9 Å². The summed E-state index contributed by atoms with van der Waals surface area (Å²) in [6.07, 6.45) is 2.48. The van der Waals surface area contributed by atoms with Crippen molar-refractivity contribution in [2.45, 2.75) is 6.42 Å². The van der Waals surface area contributed by atoms with E-state index in [0.29, 0.717) is 5.88 Å². The molecule has 0 N–H and O–H groups in total. The molecule has 0 bridgehead atoms. The molecule has 1 aromatic heterocycles. The number of thiazole rings is 1. The van der Waals surface area contributed by atoms with Crippen molar-refractivity contribution >= 4 is 22.9 Å². The summed E-state index contributed by atoms with van der Waals surface area (Å²) in [6, 6.07) is 0. The van der Waals surface area contributed by atoms with Gasteiger partial charge in [-0.2, -0.15) is 0 Å². The molecule has 0 aliphatic carbocycles. The van der Waals surface area contributed by atoms with Gasteiger partial charge in [-0.15, -0.1) is 22.9 Å². The summed E-state index contributed by atoms with van der Waals surface area (Å²) in [7, 11) is 0. The fraction of sp³-hybridized carbons (Fsp3) is 0.286. The Morgan fingerprint density at radius 2 is 2.60 bits per heavy atom. The van der Waals surface area contributed by atoms with E-state index in [2.05, 4.69) is 16.8 Å². The molecule has 0 atom stereocenters. The van der Waals surface area contributed by atoms with Crippen LogP contribution in [-0.2, 0) is 0 Å². The first-order valence-corrected chi connectivity index (χ1v) is 4.29. The summed E-state index contributed by atoms with van der Waals surface area (Å²) in [6.45, 7) is 0. The maximum absolute atomic E-state index is 5.42. The molecule has 0 saturated carbocycles. The third kappa shape index (κ3) is 2.38. The molecule has 0 radical (unpaired) electrons. The largest absolute Gasteiger partial charge is 0.236 e. The van der Waals surface area contributed by atoms with Crippen LogP contribution >= 0.6 is 22.9 Å². The average Bonchev–Trinajstić information content (AvgIpc) is 2.41. The molecule has 1 nitrogen and oxygen atoms in total. The maximum atomic E-state index is 5.42. The van der Waals surface area contributed by atoms with Crippen molar-refractivity contribution in [1.82, 2.24) is 4.98 Å². The lowest BCUT2D eigenvalue weighted by Gasteiger charge is -1.75. The third-order valence-electron chi connectivity index (χ3n) is 0.847. The first-order chi connectivity index (χ1) is 4.93. The Morgan fingerprint density at radius 3 is 3.20 bits per heavy atom. The fourth-order valence-corrected chi connectivity index (χ4v) is 1.07. The van der Waals surface area contributed by atoms with Crippen molar-refractivity contribution in [3.05, 3.63) is 16.6 Å². The molecule has 1 aromatic rings. The van der Waals surface area contributed by atoms with Crippen molar-refractivity contribution in [3.8, 4) is 11.8 Å². The average molecular weight is 172 g/mol. The van der Waals surface area contributed by atoms with Crippen molar-refractivity contribution < 1.29 is 0 Å². The SMILES string of the molecule is ClCCC#Cc1nccs1. The lowest BCUT2D eigenvalue weighted by molar-refractivity contribution is 1.28. The molecular weight excluding hydrogens is 166 g/mol. The van der Waals surface area contributed by atoms with E-state index in [1.807, 2.05) is 5.38 Å². The van der Waals surface area contributed by atoms with Gasteiger partial charge in [0.25, 0.3) is 0 Å². The summed E-state index contributed by atoms with van der Waals surface area (Å²) in [5.74, 6) is 6.40. The number of hydrogen-bond acceptors (Lipinski definition) is 2. The molecule has 1 rings (SSSR count). The molecule has 0 unspecified atom stereocenters. The summed E-state index contributed by atoms with van der Waals surface area (Å²) in [4.78, 5) is 3.99. The van der Waals surface area contributed by atoms with Crippen molar-refractivity contribution in [2.24, 2.45) is 0 Å². The van der Waals surface area contributed by atoms with E-state index in [1.54, 1.807) is 17.5 Å². The molecule has 3 heteroatoms. The second-order valence-electron chi connectivity index (χ2n) is 1.58. The highest BCUT2D eigenvalue weighted by Gasteiger charge is 1.84. The van der Waals surface area contributed by atoms with Crippen LogP contribution < -0.4 is 0 Å². The monoisotopic (exact) mass is 171 g/mol. The van der Waals surface area contributed by atoms with Crippen molar-refractivity contribution in [3.63, 3.8) is 0 Å². The van der Waals surface area contributed by atoms with Gasteiger partial charge in [-0.05, 0) is 5.92 Å². The molecule has 0 aliphatic heterocycles. The summed E-state index contributed by atoms with van der Waals surface area (Å²) in [5.41, 5.74) is 0. The maximum Gasteiger partial charge on any atom is 0.166 e. The summed E-state index contributed by atoms with van der Waals surface area (Å²) < 4.78 is 0. The van der Waals surface area contributed by atoms with E-state index in [1.165, 1.54) is 0 Å². The number of halogens is 1. The smallest absolute Gasteiger partial charge is 0.166 e.